The van der Waals surface area contributed by atoms with Gasteiger partial charge in [-0.25, -0.2) is 8.42 Å². The van der Waals surface area contributed by atoms with E-state index in [4.69, 9.17) is 11.6 Å². The molecule has 0 saturated carbocycles. The summed E-state index contributed by atoms with van der Waals surface area (Å²) in [4.78, 5) is 3.88. The van der Waals surface area contributed by atoms with Gasteiger partial charge in [0.2, 0.25) is 10.0 Å². The molecule has 0 aliphatic heterocycles. The van der Waals surface area contributed by atoms with Crippen LogP contribution in [0.1, 0.15) is 5.56 Å². The zero-order valence-corrected chi connectivity index (χ0v) is 11.9. The summed E-state index contributed by atoms with van der Waals surface area (Å²) in [5, 5.41) is 0.537. The van der Waals surface area contributed by atoms with Gasteiger partial charge in [0.25, 0.3) is 0 Å². The summed E-state index contributed by atoms with van der Waals surface area (Å²) in [7, 11) is -3.57. The van der Waals surface area contributed by atoms with Gasteiger partial charge in [-0.15, -0.1) is 0 Å². The molecule has 20 heavy (non-hydrogen) atoms. The van der Waals surface area contributed by atoms with Crippen molar-refractivity contribution in [3.05, 3.63) is 59.4 Å². The second-order valence-corrected chi connectivity index (χ2v) is 5.97. The summed E-state index contributed by atoms with van der Waals surface area (Å²) < 4.78 is 26.1. The van der Waals surface area contributed by atoms with E-state index in [1.165, 1.54) is 18.5 Å². The smallest absolute Gasteiger partial charge is 0.242 e. The highest BCUT2D eigenvalue weighted by Crippen LogP contribution is 2.12. The predicted molar refractivity (Wildman–Crippen MR) is 77.8 cm³/mol. The van der Waals surface area contributed by atoms with E-state index in [0.717, 1.165) is 0 Å². The lowest BCUT2D eigenvalue weighted by molar-refractivity contribution is 0.585. The number of rotatable bonds is 3. The summed E-state index contributed by atoms with van der Waals surface area (Å²) in [6, 6.07) is 10.1. The maximum atomic E-state index is 11.9. The van der Waals surface area contributed by atoms with E-state index in [1.54, 1.807) is 24.3 Å². The Bertz CT molecular complexity index is 749. The van der Waals surface area contributed by atoms with Crippen molar-refractivity contribution < 1.29 is 8.42 Å². The Morgan fingerprint density at radius 3 is 2.70 bits per heavy atom. The molecule has 0 radical (unpaired) electrons. The minimum absolute atomic E-state index is 0.00243. The van der Waals surface area contributed by atoms with Crippen LogP contribution in [-0.2, 0) is 10.0 Å². The Hall–Kier alpha value is -1.87. The molecule has 1 heterocycles. The van der Waals surface area contributed by atoms with Crippen molar-refractivity contribution in [1.29, 1.82) is 0 Å². The van der Waals surface area contributed by atoms with Gasteiger partial charge in [0, 0.05) is 18.0 Å². The minimum atomic E-state index is -3.57. The average molecular weight is 307 g/mol. The third-order valence-corrected chi connectivity index (χ3v) is 4.11. The van der Waals surface area contributed by atoms with E-state index in [-0.39, 0.29) is 11.4 Å². The fourth-order valence-electron chi connectivity index (χ4n) is 1.42. The van der Waals surface area contributed by atoms with E-state index >= 15 is 0 Å². The fourth-order valence-corrected chi connectivity index (χ4v) is 2.49. The van der Waals surface area contributed by atoms with Crippen molar-refractivity contribution in [3.8, 4) is 11.8 Å². The van der Waals surface area contributed by atoms with E-state index in [1.807, 2.05) is 6.07 Å². The van der Waals surface area contributed by atoms with Crippen molar-refractivity contribution >= 4 is 21.6 Å². The summed E-state index contributed by atoms with van der Waals surface area (Å²) in [5.74, 6) is 5.54. The van der Waals surface area contributed by atoms with Crippen LogP contribution in [0.25, 0.3) is 0 Å². The minimum Gasteiger partial charge on any atom is -0.263 e. The van der Waals surface area contributed by atoms with Crippen LogP contribution < -0.4 is 4.72 Å². The lowest BCUT2D eigenvalue weighted by Crippen LogP contribution is -2.24. The predicted octanol–water partition coefficient (Wildman–Crippen LogP) is 2.07. The second kappa shape index (κ2) is 6.53. The van der Waals surface area contributed by atoms with Crippen LogP contribution in [0.3, 0.4) is 0 Å². The van der Waals surface area contributed by atoms with Gasteiger partial charge in [0.1, 0.15) is 4.90 Å². The zero-order chi connectivity index (χ0) is 14.4. The summed E-state index contributed by atoms with van der Waals surface area (Å²) >= 11 is 5.94. The van der Waals surface area contributed by atoms with Crippen molar-refractivity contribution in [1.82, 2.24) is 9.71 Å². The van der Waals surface area contributed by atoms with Crippen LogP contribution in [0.5, 0.6) is 0 Å². The molecule has 0 spiro atoms. The van der Waals surface area contributed by atoms with E-state index in [2.05, 4.69) is 21.5 Å². The number of benzene rings is 1. The molecule has 4 nitrogen and oxygen atoms in total. The number of hydrogen-bond donors (Lipinski definition) is 1. The number of nitrogens with one attached hydrogen (secondary N) is 1. The molecule has 1 aromatic heterocycles. The molecule has 0 aliphatic carbocycles. The van der Waals surface area contributed by atoms with Gasteiger partial charge in [-0.3, -0.25) is 4.98 Å². The van der Waals surface area contributed by atoms with Gasteiger partial charge in [-0.05, 0) is 24.3 Å². The molecule has 2 aromatic rings. The Kier molecular flexibility index (Phi) is 4.74. The number of pyridine rings is 1. The van der Waals surface area contributed by atoms with E-state index in [9.17, 15) is 8.42 Å². The molecule has 0 unspecified atom stereocenters. The highest BCUT2D eigenvalue weighted by molar-refractivity contribution is 7.89. The van der Waals surface area contributed by atoms with Gasteiger partial charge < -0.3 is 0 Å². The average Bonchev–Trinajstić information content (AvgIpc) is 2.46. The highest BCUT2D eigenvalue weighted by Gasteiger charge is 2.11. The first kappa shape index (κ1) is 14.5. The normalized spacial score (nSPS) is 10.7. The van der Waals surface area contributed by atoms with Crippen molar-refractivity contribution in [3.63, 3.8) is 0 Å². The van der Waals surface area contributed by atoms with Crippen molar-refractivity contribution in [2.45, 2.75) is 4.90 Å². The van der Waals surface area contributed by atoms with Crippen molar-refractivity contribution in [2.24, 2.45) is 0 Å². The largest absolute Gasteiger partial charge is 0.263 e. The molecule has 0 aliphatic rings. The number of sulfonamides is 1. The van der Waals surface area contributed by atoms with Gasteiger partial charge >= 0.3 is 0 Å². The van der Waals surface area contributed by atoms with E-state index < -0.39 is 10.0 Å². The SMILES string of the molecule is O=S(=O)(NCC#Cc1ccccc1Cl)c1cccnc1. The topological polar surface area (TPSA) is 59.1 Å². The summed E-state index contributed by atoms with van der Waals surface area (Å²) in [6.45, 7) is 0.00243. The highest BCUT2D eigenvalue weighted by atomic mass is 35.5. The second-order valence-electron chi connectivity index (χ2n) is 3.79. The molecule has 1 aromatic carbocycles. The molecule has 1 N–H and O–H groups in total. The first-order chi connectivity index (χ1) is 9.59. The van der Waals surface area contributed by atoms with Gasteiger partial charge in [0.15, 0.2) is 0 Å². The first-order valence-corrected chi connectivity index (χ1v) is 7.59. The molecule has 0 saturated heterocycles. The van der Waals surface area contributed by atoms with Crippen molar-refractivity contribution in [2.75, 3.05) is 6.54 Å². The zero-order valence-electron chi connectivity index (χ0n) is 10.4. The molecule has 102 valence electrons. The lowest BCUT2D eigenvalue weighted by atomic mass is 10.2. The van der Waals surface area contributed by atoms with Gasteiger partial charge in [-0.2, -0.15) is 4.72 Å². The van der Waals surface area contributed by atoms with Crippen LogP contribution in [-0.4, -0.2) is 19.9 Å². The lowest BCUT2D eigenvalue weighted by Gasteiger charge is -2.02. The molecule has 0 amide bonds. The van der Waals surface area contributed by atoms with Crippen LogP contribution in [0.4, 0.5) is 0 Å². The van der Waals surface area contributed by atoms with Crippen LogP contribution in [0.15, 0.2) is 53.7 Å². The van der Waals surface area contributed by atoms with E-state index in [0.29, 0.717) is 10.6 Å². The summed E-state index contributed by atoms with van der Waals surface area (Å²) in [5.41, 5.74) is 0.662. The maximum absolute atomic E-state index is 11.9. The Balaban J connectivity index is 2.03. The molecule has 0 bridgehead atoms. The monoisotopic (exact) mass is 306 g/mol. The van der Waals surface area contributed by atoms with Gasteiger partial charge in [0.05, 0.1) is 11.6 Å². The molecular formula is C14H11ClN2O2S. The number of nitrogens with zero attached hydrogens (tertiary/aromatic N) is 1. The van der Waals surface area contributed by atoms with Crippen LogP contribution in [0.2, 0.25) is 5.02 Å². The van der Waals surface area contributed by atoms with Crippen LogP contribution >= 0.6 is 11.6 Å². The quantitative estimate of drug-likeness (QED) is 0.883. The number of hydrogen-bond acceptors (Lipinski definition) is 3. The standard InChI is InChI=1S/C14H11ClN2O2S/c15-14-8-2-1-5-12(14)6-3-10-17-20(18,19)13-7-4-9-16-11-13/h1-2,4-5,7-9,11,17H,10H2. The van der Waals surface area contributed by atoms with Gasteiger partial charge in [-0.1, -0.05) is 35.6 Å². The third-order valence-electron chi connectivity index (χ3n) is 2.39. The summed E-state index contributed by atoms with van der Waals surface area (Å²) in [6.07, 6.45) is 2.79. The Labute approximate surface area is 122 Å². The van der Waals surface area contributed by atoms with Crippen LogP contribution in [0, 0.1) is 11.8 Å². The molecule has 0 fully saturated rings. The maximum Gasteiger partial charge on any atom is 0.242 e. The first-order valence-electron chi connectivity index (χ1n) is 5.73. The number of aromatic nitrogens is 1. The molecule has 6 heteroatoms. The molecule has 0 atom stereocenters. The number of halogens is 1. The third kappa shape index (κ3) is 3.81. The molecular weight excluding hydrogens is 296 g/mol. The Morgan fingerprint density at radius 2 is 2.00 bits per heavy atom. The molecule has 2 rings (SSSR count). The fraction of sp³-hybridized carbons (Fsp3) is 0.0714. The Morgan fingerprint density at radius 1 is 1.20 bits per heavy atom.